The van der Waals surface area contributed by atoms with E-state index in [2.05, 4.69) is 22.5 Å². The molecule has 0 spiro atoms. The van der Waals surface area contributed by atoms with Crippen molar-refractivity contribution in [3.8, 4) is 0 Å². The lowest BCUT2D eigenvalue weighted by atomic mass is 10.1. The molecule has 2 aromatic carbocycles. The second kappa shape index (κ2) is 7.87. The van der Waals surface area contributed by atoms with Gasteiger partial charge in [-0.25, -0.2) is 0 Å². The minimum absolute atomic E-state index is 0.245. The number of halogens is 2. The average molecular weight is 487 g/mol. The Morgan fingerprint density at radius 2 is 2.00 bits per heavy atom. The number of carbonyl (C=O) groups is 1. The van der Waals surface area contributed by atoms with Crippen LogP contribution in [0, 0.1) is 0 Å². The number of hydrogen-bond donors (Lipinski definition) is 2. The third kappa shape index (κ3) is 4.04. The Morgan fingerprint density at radius 3 is 2.63 bits per heavy atom. The van der Waals surface area contributed by atoms with E-state index in [9.17, 15) is 19.1 Å². The van der Waals surface area contributed by atoms with Gasteiger partial charge in [0.1, 0.15) is 0 Å². The van der Waals surface area contributed by atoms with Crippen molar-refractivity contribution in [1.29, 1.82) is 0 Å². The van der Waals surface area contributed by atoms with Crippen LogP contribution >= 0.6 is 46.5 Å². The fraction of sp³-hybridized carbons (Fsp3) is 0.0556. The van der Waals surface area contributed by atoms with Crippen LogP contribution in [0.25, 0.3) is 10.1 Å². The average Bonchev–Trinajstić information content (AvgIpc) is 2.99. The minimum Gasteiger partial charge on any atom is -0.324 e. The van der Waals surface area contributed by atoms with E-state index in [4.69, 9.17) is 11.6 Å². The Labute approximate surface area is 173 Å². The van der Waals surface area contributed by atoms with E-state index in [0.717, 1.165) is 9.60 Å². The third-order valence-corrected chi connectivity index (χ3v) is 7.02. The van der Waals surface area contributed by atoms with Gasteiger partial charge in [0.05, 0.1) is 5.69 Å². The van der Waals surface area contributed by atoms with E-state index >= 15 is 0 Å². The molecular weight excluding hydrogens is 473 g/mol. The van der Waals surface area contributed by atoms with E-state index in [1.54, 1.807) is 47.8 Å². The van der Waals surface area contributed by atoms with Gasteiger partial charge in [-0.15, -0.1) is 11.3 Å². The largest absolute Gasteiger partial charge is 0.342 e. The highest BCUT2D eigenvalue weighted by Crippen LogP contribution is 2.55. The van der Waals surface area contributed by atoms with Crippen LogP contribution in [0.2, 0.25) is 5.02 Å². The van der Waals surface area contributed by atoms with Gasteiger partial charge in [0.15, 0.2) is 5.66 Å². The number of benzene rings is 2. The SMILES string of the molecule is C=CN(C(=O)C(c1csc2ccc(Cl)cc12)P(=O)(O)O)c1ccccc1Br. The molecule has 0 bridgehead atoms. The lowest BCUT2D eigenvalue weighted by Crippen LogP contribution is -2.31. The Hall–Kier alpha value is -1.47. The molecule has 0 aliphatic heterocycles. The fourth-order valence-electron chi connectivity index (χ4n) is 2.78. The van der Waals surface area contributed by atoms with Crippen molar-refractivity contribution >= 4 is 68.1 Å². The summed E-state index contributed by atoms with van der Waals surface area (Å²) in [4.78, 5) is 34.4. The molecule has 0 aliphatic carbocycles. The van der Waals surface area contributed by atoms with Gasteiger partial charge in [-0.05, 0) is 62.6 Å². The van der Waals surface area contributed by atoms with Crippen molar-refractivity contribution < 1.29 is 19.1 Å². The predicted octanol–water partition coefficient (Wildman–Crippen LogP) is 5.71. The highest BCUT2D eigenvalue weighted by Gasteiger charge is 2.41. The van der Waals surface area contributed by atoms with Crippen LogP contribution in [0.15, 0.2) is 65.1 Å². The maximum atomic E-state index is 13.2. The molecule has 0 aliphatic rings. The van der Waals surface area contributed by atoms with Crippen LogP contribution in [-0.4, -0.2) is 15.7 Å². The first-order valence-electron chi connectivity index (χ1n) is 7.66. The molecule has 3 aromatic rings. The summed E-state index contributed by atoms with van der Waals surface area (Å²) >= 11 is 10.7. The van der Waals surface area contributed by atoms with Crippen LogP contribution in [0.4, 0.5) is 5.69 Å². The van der Waals surface area contributed by atoms with Gasteiger partial charge in [-0.1, -0.05) is 30.3 Å². The Balaban J connectivity index is 2.16. The normalized spacial score (nSPS) is 12.7. The van der Waals surface area contributed by atoms with Crippen molar-refractivity contribution in [3.05, 3.63) is 75.7 Å². The number of amides is 1. The molecule has 0 saturated carbocycles. The quantitative estimate of drug-likeness (QED) is 0.453. The number of nitrogens with zero attached hydrogens (tertiary/aromatic N) is 1. The highest BCUT2D eigenvalue weighted by molar-refractivity contribution is 9.10. The van der Waals surface area contributed by atoms with E-state index in [0.29, 0.717) is 20.6 Å². The Kier molecular flexibility index (Phi) is 5.91. The Bertz CT molecular complexity index is 1080. The maximum absolute atomic E-state index is 13.2. The number of hydrogen-bond acceptors (Lipinski definition) is 3. The van der Waals surface area contributed by atoms with E-state index < -0.39 is 19.2 Å². The van der Waals surface area contributed by atoms with Crippen molar-refractivity contribution in [2.24, 2.45) is 0 Å². The second-order valence-corrected chi connectivity index (χ2v) is 9.56. The lowest BCUT2D eigenvalue weighted by Gasteiger charge is -2.25. The lowest BCUT2D eigenvalue weighted by molar-refractivity contribution is -0.118. The van der Waals surface area contributed by atoms with Gasteiger partial charge in [0.25, 0.3) is 5.91 Å². The minimum atomic E-state index is -4.83. The van der Waals surface area contributed by atoms with Crippen LogP contribution < -0.4 is 4.90 Å². The summed E-state index contributed by atoms with van der Waals surface area (Å²) in [6, 6.07) is 11.9. The van der Waals surface area contributed by atoms with Gasteiger partial charge in [0.2, 0.25) is 0 Å². The van der Waals surface area contributed by atoms with E-state index in [1.807, 2.05) is 0 Å². The molecule has 140 valence electrons. The summed E-state index contributed by atoms with van der Waals surface area (Å²) < 4.78 is 13.7. The van der Waals surface area contributed by atoms with Crippen molar-refractivity contribution in [1.82, 2.24) is 0 Å². The number of anilines is 1. The third-order valence-electron chi connectivity index (χ3n) is 3.96. The van der Waals surface area contributed by atoms with Gasteiger partial charge in [-0.3, -0.25) is 14.3 Å². The molecule has 0 saturated heterocycles. The summed E-state index contributed by atoms with van der Waals surface area (Å²) in [6.45, 7) is 3.63. The number of carbonyl (C=O) groups excluding carboxylic acids is 1. The first-order chi connectivity index (χ1) is 12.7. The Morgan fingerprint density at radius 1 is 1.30 bits per heavy atom. The van der Waals surface area contributed by atoms with Crippen LogP contribution in [0.5, 0.6) is 0 Å². The fourth-order valence-corrected chi connectivity index (χ4v) is 5.48. The van der Waals surface area contributed by atoms with E-state index in [-0.39, 0.29) is 5.56 Å². The second-order valence-electron chi connectivity index (χ2n) is 5.67. The summed E-state index contributed by atoms with van der Waals surface area (Å²) in [5, 5.41) is 2.56. The summed E-state index contributed by atoms with van der Waals surface area (Å²) in [7, 11) is -4.83. The number of rotatable bonds is 5. The molecule has 1 aromatic heterocycles. The smallest absolute Gasteiger partial charge is 0.324 e. The molecule has 5 nitrogen and oxygen atoms in total. The zero-order valence-corrected chi connectivity index (χ0v) is 17.8. The van der Waals surface area contributed by atoms with Gasteiger partial charge in [0, 0.05) is 20.4 Å². The van der Waals surface area contributed by atoms with E-state index in [1.165, 1.54) is 17.5 Å². The first kappa shape index (κ1) is 20.3. The first-order valence-corrected chi connectivity index (χ1v) is 11.4. The molecule has 0 radical (unpaired) electrons. The van der Waals surface area contributed by atoms with Gasteiger partial charge >= 0.3 is 7.60 Å². The molecule has 9 heteroatoms. The standard InChI is InChI=1S/C18H14BrClNO4PS/c1-2-21(15-6-4-3-5-14(15)19)18(22)17(26(23,24)25)13-10-27-16-8-7-11(20)9-12(13)16/h2-10,17H,1H2,(H2,23,24,25). The highest BCUT2D eigenvalue weighted by atomic mass is 79.9. The summed E-state index contributed by atoms with van der Waals surface area (Å²) in [6.07, 6.45) is 1.24. The topological polar surface area (TPSA) is 77.8 Å². The molecule has 1 heterocycles. The molecule has 27 heavy (non-hydrogen) atoms. The van der Waals surface area contributed by atoms with Gasteiger partial charge in [-0.2, -0.15) is 0 Å². The zero-order valence-electron chi connectivity index (χ0n) is 13.8. The van der Waals surface area contributed by atoms with Crippen molar-refractivity contribution in [2.45, 2.75) is 5.66 Å². The molecule has 1 unspecified atom stereocenters. The molecule has 2 N–H and O–H groups in total. The molecular formula is C18H14BrClNO4PS. The predicted molar refractivity (Wildman–Crippen MR) is 113 cm³/mol. The zero-order chi connectivity index (χ0) is 19.8. The number of thiophene rings is 1. The van der Waals surface area contributed by atoms with Gasteiger partial charge < -0.3 is 9.79 Å². The maximum Gasteiger partial charge on any atom is 0.342 e. The summed E-state index contributed by atoms with van der Waals surface area (Å²) in [5.74, 6) is -0.773. The summed E-state index contributed by atoms with van der Waals surface area (Å²) in [5.41, 5.74) is -0.988. The molecule has 0 fully saturated rings. The van der Waals surface area contributed by atoms with Crippen molar-refractivity contribution in [2.75, 3.05) is 4.90 Å². The molecule has 1 atom stereocenters. The monoisotopic (exact) mass is 485 g/mol. The van der Waals surface area contributed by atoms with Crippen LogP contribution in [0.1, 0.15) is 11.2 Å². The van der Waals surface area contributed by atoms with Crippen molar-refractivity contribution in [3.63, 3.8) is 0 Å². The number of fused-ring (bicyclic) bond motifs is 1. The van der Waals surface area contributed by atoms with Crippen LogP contribution in [0.3, 0.4) is 0 Å². The molecule has 1 amide bonds. The molecule has 3 rings (SSSR count). The van der Waals surface area contributed by atoms with Crippen LogP contribution in [-0.2, 0) is 9.36 Å². The number of para-hydroxylation sites is 1.